The predicted octanol–water partition coefficient (Wildman–Crippen LogP) is 4.83. The zero-order valence-corrected chi connectivity index (χ0v) is 23.1. The Morgan fingerprint density at radius 3 is 2.60 bits per heavy atom. The van der Waals surface area contributed by atoms with Gasteiger partial charge in [-0.15, -0.1) is 5.10 Å². The van der Waals surface area contributed by atoms with Crippen molar-refractivity contribution in [1.82, 2.24) is 14.3 Å². The maximum Gasteiger partial charge on any atom is 0.404 e. The number of aromatic nitrogens is 3. The van der Waals surface area contributed by atoms with Crippen molar-refractivity contribution in [3.05, 3.63) is 68.9 Å². The molecule has 0 saturated carbocycles. The molecule has 2 heterocycles. The van der Waals surface area contributed by atoms with E-state index < -0.39 is 35.4 Å². The van der Waals surface area contributed by atoms with Crippen LogP contribution in [0.4, 0.5) is 19.3 Å². The molecule has 1 atom stereocenters. The highest BCUT2D eigenvalue weighted by molar-refractivity contribution is 6.34. The van der Waals surface area contributed by atoms with Gasteiger partial charge in [-0.2, -0.15) is 4.68 Å². The molecule has 3 aromatic rings. The van der Waals surface area contributed by atoms with Gasteiger partial charge in [0.15, 0.2) is 0 Å². The van der Waals surface area contributed by atoms with E-state index in [2.05, 4.69) is 10.4 Å². The van der Waals surface area contributed by atoms with E-state index in [-0.39, 0.29) is 39.7 Å². The summed E-state index contributed by atoms with van der Waals surface area (Å²) in [6, 6.07) is 5.91. The second-order valence-corrected chi connectivity index (χ2v) is 11.1. The van der Waals surface area contributed by atoms with Crippen LogP contribution in [0.1, 0.15) is 56.2 Å². The highest BCUT2D eigenvalue weighted by atomic mass is 35.5. The van der Waals surface area contributed by atoms with Crippen molar-refractivity contribution in [1.29, 1.82) is 0 Å². The van der Waals surface area contributed by atoms with Gasteiger partial charge in [-0.1, -0.05) is 38.4 Å². The third kappa shape index (κ3) is 6.61. The number of fused-ring (bicyclic) bond motifs is 1. The van der Waals surface area contributed by atoms with Crippen molar-refractivity contribution in [2.24, 2.45) is 11.1 Å². The number of nitrogens with zero attached hydrogens (tertiary/aromatic N) is 3. The lowest BCUT2D eigenvalue weighted by Crippen LogP contribution is -2.32. The average molecular weight is 578 g/mol. The summed E-state index contributed by atoms with van der Waals surface area (Å²) in [6.45, 7) is 5.96. The lowest BCUT2D eigenvalue weighted by molar-refractivity contribution is 0.0620. The smallest absolute Gasteiger partial charge is 0.404 e. The van der Waals surface area contributed by atoms with Crippen LogP contribution in [0.15, 0.2) is 35.1 Å². The first-order chi connectivity index (χ1) is 18.8. The van der Waals surface area contributed by atoms with Crippen molar-refractivity contribution < 1.29 is 27.8 Å². The molecular formula is C27H30ClF2N5O5. The number of nitrogens with one attached hydrogen (secondary N) is 1. The van der Waals surface area contributed by atoms with Gasteiger partial charge < -0.3 is 20.5 Å². The van der Waals surface area contributed by atoms with Crippen LogP contribution in [0, 0.1) is 17.0 Å². The fourth-order valence-corrected chi connectivity index (χ4v) is 4.72. The molecule has 0 spiro atoms. The molecule has 10 nitrogen and oxygen atoms in total. The molecule has 2 amide bonds. The largest absolute Gasteiger partial charge is 0.486 e. The van der Waals surface area contributed by atoms with E-state index in [0.29, 0.717) is 25.2 Å². The Balaban J connectivity index is 1.80. The Hall–Kier alpha value is -3.93. The first-order valence-electron chi connectivity index (χ1n) is 12.7. The van der Waals surface area contributed by atoms with Gasteiger partial charge in [-0.25, -0.2) is 18.4 Å². The minimum absolute atomic E-state index is 0.0662. The van der Waals surface area contributed by atoms with E-state index in [1.54, 1.807) is 0 Å². The SMILES string of the molecule is CC(C)(C)C[C@H](COC(N)=O)Oc1cc(-n2nc3n(c2=O)CCCC3)c(F)cc1C(=O)Nc1c(F)cccc1Cl. The molecule has 0 aliphatic carbocycles. The van der Waals surface area contributed by atoms with E-state index in [4.69, 9.17) is 26.8 Å². The summed E-state index contributed by atoms with van der Waals surface area (Å²) in [5.41, 5.74) is 3.44. The molecule has 0 unspecified atom stereocenters. The third-order valence-electron chi connectivity index (χ3n) is 6.24. The average Bonchev–Trinajstić information content (AvgIpc) is 3.21. The minimum Gasteiger partial charge on any atom is -0.486 e. The van der Waals surface area contributed by atoms with Gasteiger partial charge in [0, 0.05) is 19.0 Å². The molecule has 2 aromatic carbocycles. The number of halogens is 3. The number of carbonyl (C=O) groups is 2. The summed E-state index contributed by atoms with van der Waals surface area (Å²) < 4.78 is 43.4. The first kappa shape index (κ1) is 29.1. The zero-order valence-electron chi connectivity index (χ0n) is 22.3. The molecule has 0 radical (unpaired) electrons. The van der Waals surface area contributed by atoms with Crippen LogP contribution in [-0.4, -0.2) is 39.1 Å². The highest BCUT2D eigenvalue weighted by Gasteiger charge is 2.28. The number of benzene rings is 2. The number of para-hydroxylation sites is 1. The summed E-state index contributed by atoms with van der Waals surface area (Å²) in [6.07, 6.45) is 0.702. The fraction of sp³-hybridized carbons (Fsp3) is 0.407. The van der Waals surface area contributed by atoms with Crippen molar-refractivity contribution in [2.75, 3.05) is 11.9 Å². The molecule has 0 bridgehead atoms. The summed E-state index contributed by atoms with van der Waals surface area (Å²) in [5.74, 6) is -2.28. The molecular weight excluding hydrogens is 548 g/mol. The zero-order chi connectivity index (χ0) is 29.2. The van der Waals surface area contributed by atoms with Crippen LogP contribution >= 0.6 is 11.6 Å². The van der Waals surface area contributed by atoms with Crippen molar-refractivity contribution in [2.45, 2.75) is 59.1 Å². The Morgan fingerprint density at radius 1 is 1.20 bits per heavy atom. The molecule has 3 N–H and O–H groups in total. The number of primary amides is 1. The monoisotopic (exact) mass is 577 g/mol. The Morgan fingerprint density at radius 2 is 1.95 bits per heavy atom. The molecule has 0 fully saturated rings. The number of rotatable bonds is 8. The Bertz CT molecular complexity index is 1480. The Kier molecular flexibility index (Phi) is 8.48. The number of anilines is 1. The first-order valence-corrected chi connectivity index (χ1v) is 13.1. The van der Waals surface area contributed by atoms with Gasteiger partial charge in [0.05, 0.1) is 16.3 Å². The second kappa shape index (κ2) is 11.7. The molecule has 1 aliphatic rings. The number of amides is 2. The fourth-order valence-electron chi connectivity index (χ4n) is 4.51. The van der Waals surface area contributed by atoms with Crippen molar-refractivity contribution in [3.63, 3.8) is 0 Å². The summed E-state index contributed by atoms with van der Waals surface area (Å²) in [5, 5.41) is 6.60. The van der Waals surface area contributed by atoms with E-state index in [1.165, 1.54) is 22.8 Å². The summed E-state index contributed by atoms with van der Waals surface area (Å²) in [4.78, 5) is 37.7. The number of ether oxygens (including phenoxy) is 2. The van der Waals surface area contributed by atoms with Crippen molar-refractivity contribution in [3.8, 4) is 11.4 Å². The topological polar surface area (TPSA) is 130 Å². The lowest BCUT2D eigenvalue weighted by Gasteiger charge is -2.27. The van der Waals surface area contributed by atoms with Crippen LogP contribution in [0.5, 0.6) is 5.75 Å². The van der Waals surface area contributed by atoms with E-state index in [9.17, 15) is 18.8 Å². The van der Waals surface area contributed by atoms with Gasteiger partial charge in [-0.3, -0.25) is 9.36 Å². The molecule has 214 valence electrons. The van der Waals surface area contributed by atoms with E-state index >= 15 is 4.39 Å². The summed E-state index contributed by atoms with van der Waals surface area (Å²) >= 11 is 6.06. The van der Waals surface area contributed by atoms with Gasteiger partial charge in [0.2, 0.25) is 0 Å². The van der Waals surface area contributed by atoms with Crippen LogP contribution < -0.4 is 21.5 Å². The van der Waals surface area contributed by atoms with Crippen LogP contribution in [-0.2, 0) is 17.7 Å². The number of hydrogen-bond donors (Lipinski definition) is 2. The van der Waals surface area contributed by atoms with Crippen LogP contribution in [0.25, 0.3) is 5.69 Å². The minimum atomic E-state index is -1.02. The van der Waals surface area contributed by atoms with Gasteiger partial charge in [0.25, 0.3) is 5.91 Å². The number of nitrogens with two attached hydrogens (primary N) is 1. The molecule has 13 heteroatoms. The Labute approximate surface area is 234 Å². The number of aryl methyl sites for hydroxylation is 1. The molecule has 4 rings (SSSR count). The van der Waals surface area contributed by atoms with E-state index in [0.717, 1.165) is 29.7 Å². The number of hydrogen-bond acceptors (Lipinski definition) is 6. The van der Waals surface area contributed by atoms with Crippen LogP contribution in [0.2, 0.25) is 5.02 Å². The number of carbonyl (C=O) groups excluding carboxylic acids is 2. The quantitative estimate of drug-likeness (QED) is 0.394. The van der Waals surface area contributed by atoms with Crippen molar-refractivity contribution >= 4 is 29.3 Å². The molecule has 0 saturated heterocycles. The third-order valence-corrected chi connectivity index (χ3v) is 6.55. The molecule has 1 aromatic heterocycles. The standard InChI is InChI=1S/C27H30ClF2N5O5/c1-27(2,3)13-15(14-39-25(31)37)40-21-12-20(35-26(38)34-10-5-4-9-22(34)33-35)19(30)11-16(21)24(36)32-23-17(28)7-6-8-18(23)29/h6-8,11-12,15H,4-5,9-10,13-14H2,1-3H3,(H2,31,37)(H,32,36)/t15-/m1/s1. The molecule has 40 heavy (non-hydrogen) atoms. The molecule has 1 aliphatic heterocycles. The van der Waals surface area contributed by atoms with E-state index in [1.807, 2.05) is 20.8 Å². The lowest BCUT2D eigenvalue weighted by atomic mass is 9.89. The second-order valence-electron chi connectivity index (χ2n) is 10.7. The van der Waals surface area contributed by atoms with Crippen LogP contribution in [0.3, 0.4) is 0 Å². The maximum absolute atomic E-state index is 15.5. The summed E-state index contributed by atoms with van der Waals surface area (Å²) in [7, 11) is 0. The highest BCUT2D eigenvalue weighted by Crippen LogP contribution is 2.32. The predicted molar refractivity (Wildman–Crippen MR) is 144 cm³/mol. The van der Waals surface area contributed by atoms with Gasteiger partial charge in [-0.05, 0) is 42.9 Å². The van der Waals surface area contributed by atoms with Gasteiger partial charge >= 0.3 is 11.8 Å². The maximum atomic E-state index is 15.5. The normalized spacial score (nSPS) is 13.8. The van der Waals surface area contributed by atoms with Gasteiger partial charge in [0.1, 0.15) is 41.6 Å².